The molecule has 0 saturated carbocycles. The number of nitrogens with one attached hydrogen (secondary N) is 2. The molecule has 0 unspecified atom stereocenters. The molecule has 1 aromatic heterocycles. The molecular weight excluding hydrogens is 507 g/mol. The van der Waals surface area contributed by atoms with Gasteiger partial charge in [0, 0.05) is 29.9 Å². The zero-order valence-corrected chi connectivity index (χ0v) is 19.8. The maximum absolute atomic E-state index is 12.9. The number of amides is 3. The Bertz CT molecular complexity index is 1340. The summed E-state index contributed by atoms with van der Waals surface area (Å²) in [4.78, 5) is 50.8. The summed E-state index contributed by atoms with van der Waals surface area (Å²) in [5.74, 6) is -2.41. The van der Waals surface area contributed by atoms with Crippen molar-refractivity contribution in [3.05, 3.63) is 83.8 Å². The van der Waals surface area contributed by atoms with Crippen molar-refractivity contribution in [2.75, 3.05) is 23.8 Å². The number of ether oxygens (including phenoxy) is 1. The Kier molecular flexibility index (Phi) is 7.79. The topological polar surface area (TPSA) is 118 Å². The molecular formula is C26H22F3N3O6. The first-order valence-electron chi connectivity index (χ1n) is 11.4. The molecule has 198 valence electrons. The molecule has 1 saturated heterocycles. The number of rotatable bonds is 8. The van der Waals surface area contributed by atoms with Crippen molar-refractivity contribution in [3.63, 3.8) is 0 Å². The van der Waals surface area contributed by atoms with E-state index < -0.39 is 42.0 Å². The molecule has 1 fully saturated rings. The number of carbonyl (C=O) groups is 4. The van der Waals surface area contributed by atoms with Gasteiger partial charge in [-0.1, -0.05) is 12.1 Å². The summed E-state index contributed by atoms with van der Waals surface area (Å²) in [5, 5.41) is 4.87. The minimum absolute atomic E-state index is 0.0375. The van der Waals surface area contributed by atoms with E-state index in [1.165, 1.54) is 47.6 Å². The van der Waals surface area contributed by atoms with E-state index >= 15 is 0 Å². The smallest absolute Gasteiger partial charge is 0.416 e. The number of likely N-dealkylation sites (tertiary alicyclic amines) is 1. The summed E-state index contributed by atoms with van der Waals surface area (Å²) < 4.78 is 49.0. The molecule has 38 heavy (non-hydrogen) atoms. The predicted molar refractivity (Wildman–Crippen MR) is 128 cm³/mol. The zero-order chi connectivity index (χ0) is 27.3. The number of nitrogens with zero attached hydrogens (tertiary/aromatic N) is 1. The van der Waals surface area contributed by atoms with Gasteiger partial charge >= 0.3 is 12.1 Å². The fourth-order valence-electron chi connectivity index (χ4n) is 3.84. The standard InChI is InChI=1S/C26H22F3N3O6/c27-26(28,29)18-5-2-7-20(12-18)31-24(35)16-4-1-6-19(10-16)30-22(33)15-38-25(36)17-11-23(34)32(13-17)14-21-8-3-9-37-21/h1-10,12,17H,11,13-15H2,(H,30,33)(H,31,35)/t17-/m0/s1. The second-order valence-corrected chi connectivity index (χ2v) is 8.52. The average molecular weight is 529 g/mol. The summed E-state index contributed by atoms with van der Waals surface area (Å²) in [7, 11) is 0. The average Bonchev–Trinajstić information content (AvgIpc) is 3.52. The van der Waals surface area contributed by atoms with Crippen LogP contribution in [0.5, 0.6) is 0 Å². The Labute approximate surface area is 214 Å². The van der Waals surface area contributed by atoms with Crippen LogP contribution in [0, 0.1) is 5.92 Å². The van der Waals surface area contributed by atoms with Gasteiger partial charge in [-0.2, -0.15) is 13.2 Å². The molecule has 3 amide bonds. The fraction of sp³-hybridized carbons (Fsp3) is 0.231. The van der Waals surface area contributed by atoms with Gasteiger partial charge in [0.15, 0.2) is 6.61 Å². The van der Waals surface area contributed by atoms with Gasteiger partial charge in [-0.25, -0.2) is 0 Å². The van der Waals surface area contributed by atoms with Gasteiger partial charge in [-0.05, 0) is 48.5 Å². The van der Waals surface area contributed by atoms with Gasteiger partial charge in [-0.3, -0.25) is 19.2 Å². The SMILES string of the molecule is O=C(COC(=O)[C@H]1CC(=O)N(Cc2ccco2)C1)Nc1cccc(C(=O)Nc2cccc(C(F)(F)F)c2)c1. The molecule has 2 heterocycles. The van der Waals surface area contributed by atoms with Crippen LogP contribution >= 0.6 is 0 Å². The molecule has 1 atom stereocenters. The van der Waals surface area contributed by atoms with Crippen LogP contribution in [0.15, 0.2) is 71.3 Å². The van der Waals surface area contributed by atoms with E-state index in [1.54, 1.807) is 12.1 Å². The van der Waals surface area contributed by atoms with Gasteiger partial charge in [-0.15, -0.1) is 0 Å². The summed E-state index contributed by atoms with van der Waals surface area (Å²) in [6.07, 6.45) is -3.11. The van der Waals surface area contributed by atoms with E-state index in [2.05, 4.69) is 10.6 Å². The number of alkyl halides is 3. The molecule has 2 N–H and O–H groups in total. The summed E-state index contributed by atoms with van der Waals surface area (Å²) in [5.41, 5.74) is -0.654. The van der Waals surface area contributed by atoms with Crippen LogP contribution in [0.1, 0.15) is 28.1 Å². The Morgan fingerprint density at radius 2 is 1.74 bits per heavy atom. The minimum atomic E-state index is -4.55. The third kappa shape index (κ3) is 6.78. The molecule has 1 aliphatic rings. The lowest BCUT2D eigenvalue weighted by Crippen LogP contribution is -2.28. The molecule has 1 aliphatic heterocycles. The number of hydrogen-bond acceptors (Lipinski definition) is 6. The van der Waals surface area contributed by atoms with Crippen LogP contribution in [0.4, 0.5) is 24.5 Å². The first-order valence-corrected chi connectivity index (χ1v) is 11.4. The zero-order valence-electron chi connectivity index (χ0n) is 19.8. The Morgan fingerprint density at radius 3 is 2.45 bits per heavy atom. The van der Waals surface area contributed by atoms with Gasteiger partial charge in [0.25, 0.3) is 11.8 Å². The molecule has 0 bridgehead atoms. The van der Waals surface area contributed by atoms with Crippen LogP contribution in [0.2, 0.25) is 0 Å². The van der Waals surface area contributed by atoms with Crippen molar-refractivity contribution in [1.29, 1.82) is 0 Å². The van der Waals surface area contributed by atoms with Crippen LogP contribution in [0.3, 0.4) is 0 Å². The Hall–Kier alpha value is -4.61. The first kappa shape index (κ1) is 26.5. The number of halogens is 3. The molecule has 9 nitrogen and oxygen atoms in total. The van der Waals surface area contributed by atoms with Crippen molar-refractivity contribution in [2.24, 2.45) is 5.92 Å². The van der Waals surface area contributed by atoms with Crippen molar-refractivity contribution in [1.82, 2.24) is 4.90 Å². The molecule has 3 aromatic rings. The lowest BCUT2D eigenvalue weighted by molar-refractivity contribution is -0.151. The van der Waals surface area contributed by atoms with Crippen molar-refractivity contribution >= 4 is 35.1 Å². The number of esters is 1. The molecule has 0 aliphatic carbocycles. The van der Waals surface area contributed by atoms with E-state index in [1.807, 2.05) is 0 Å². The quantitative estimate of drug-likeness (QED) is 0.425. The largest absolute Gasteiger partial charge is 0.467 e. The lowest BCUT2D eigenvalue weighted by atomic mass is 10.1. The van der Waals surface area contributed by atoms with Crippen LogP contribution < -0.4 is 10.6 Å². The van der Waals surface area contributed by atoms with E-state index in [4.69, 9.17) is 9.15 Å². The highest BCUT2D eigenvalue weighted by Crippen LogP contribution is 2.30. The third-order valence-electron chi connectivity index (χ3n) is 5.68. The fourth-order valence-corrected chi connectivity index (χ4v) is 3.84. The van der Waals surface area contributed by atoms with Gasteiger partial charge in [0.05, 0.1) is 24.3 Å². The Morgan fingerprint density at radius 1 is 1.00 bits per heavy atom. The number of carbonyl (C=O) groups excluding carboxylic acids is 4. The predicted octanol–water partition coefficient (Wildman–Crippen LogP) is 4.08. The van der Waals surface area contributed by atoms with E-state index in [9.17, 15) is 32.3 Å². The van der Waals surface area contributed by atoms with Gasteiger partial charge in [0.1, 0.15) is 5.76 Å². The summed E-state index contributed by atoms with van der Waals surface area (Å²) in [6.45, 7) is -0.237. The van der Waals surface area contributed by atoms with Crippen molar-refractivity contribution < 1.29 is 41.5 Å². The maximum atomic E-state index is 12.9. The lowest BCUT2D eigenvalue weighted by Gasteiger charge is -2.14. The minimum Gasteiger partial charge on any atom is -0.467 e. The van der Waals surface area contributed by atoms with Gasteiger partial charge < -0.3 is 24.7 Å². The molecule has 12 heteroatoms. The van der Waals surface area contributed by atoms with Crippen LogP contribution in [0.25, 0.3) is 0 Å². The van der Waals surface area contributed by atoms with Crippen LogP contribution in [-0.4, -0.2) is 41.7 Å². The highest BCUT2D eigenvalue weighted by molar-refractivity contribution is 6.05. The maximum Gasteiger partial charge on any atom is 0.416 e. The number of anilines is 2. The molecule has 2 aromatic carbocycles. The van der Waals surface area contributed by atoms with Crippen molar-refractivity contribution in [3.8, 4) is 0 Å². The summed E-state index contributed by atoms with van der Waals surface area (Å²) >= 11 is 0. The van der Waals surface area contributed by atoms with Crippen molar-refractivity contribution in [2.45, 2.75) is 19.1 Å². The second-order valence-electron chi connectivity index (χ2n) is 8.52. The van der Waals surface area contributed by atoms with E-state index in [0.717, 1.165) is 12.1 Å². The number of furan rings is 1. The highest BCUT2D eigenvalue weighted by Gasteiger charge is 2.36. The Balaban J connectivity index is 1.27. The normalized spacial score (nSPS) is 15.3. The molecule has 0 radical (unpaired) electrons. The van der Waals surface area contributed by atoms with E-state index in [0.29, 0.717) is 5.76 Å². The van der Waals surface area contributed by atoms with E-state index in [-0.39, 0.29) is 42.4 Å². The second kappa shape index (κ2) is 11.2. The van der Waals surface area contributed by atoms with Gasteiger partial charge in [0.2, 0.25) is 5.91 Å². The third-order valence-corrected chi connectivity index (χ3v) is 5.68. The number of hydrogen-bond donors (Lipinski definition) is 2. The number of benzene rings is 2. The van der Waals surface area contributed by atoms with Crippen LogP contribution in [-0.2, 0) is 31.8 Å². The first-order chi connectivity index (χ1) is 18.1. The molecule has 0 spiro atoms. The molecule has 4 rings (SSSR count). The monoisotopic (exact) mass is 529 g/mol. The highest BCUT2D eigenvalue weighted by atomic mass is 19.4. The summed E-state index contributed by atoms with van der Waals surface area (Å²) in [6, 6.07) is 13.3.